The summed E-state index contributed by atoms with van der Waals surface area (Å²) in [5.41, 5.74) is 1.42. The minimum absolute atomic E-state index is 0.976. The highest BCUT2D eigenvalue weighted by Gasteiger charge is 1.96. The summed E-state index contributed by atoms with van der Waals surface area (Å²) in [5.74, 6) is 6.24. The topological polar surface area (TPSA) is 0 Å². The molecule has 1 heterocycles. The van der Waals surface area contributed by atoms with Crippen molar-refractivity contribution in [3.8, 4) is 11.8 Å². The third kappa shape index (κ3) is 2.71. The minimum Gasteiger partial charge on any atom is -0.149 e. The Balaban J connectivity index is 2.38. The van der Waals surface area contributed by atoms with E-state index in [1.165, 1.54) is 10.4 Å². The summed E-state index contributed by atoms with van der Waals surface area (Å²) in [7, 11) is 0. The van der Waals surface area contributed by atoms with E-state index < -0.39 is 0 Å². The zero-order valence-electron chi connectivity index (χ0n) is 7.68. The molecule has 0 aromatic carbocycles. The molecule has 64 valence electrons. The molecule has 0 radical (unpaired) electrons. The summed E-state index contributed by atoms with van der Waals surface area (Å²) in [4.78, 5) is 1.49. The fourth-order valence-corrected chi connectivity index (χ4v) is 1.96. The average Bonchev–Trinajstić information content (AvgIpc) is 2.46. The van der Waals surface area contributed by atoms with E-state index in [0.29, 0.717) is 0 Å². The number of hydrogen-bond donors (Lipinski definition) is 0. The normalized spacial score (nSPS) is 9.17. The first-order valence-corrected chi connectivity index (χ1v) is 5.21. The van der Waals surface area contributed by atoms with E-state index in [0.717, 1.165) is 19.3 Å². The van der Waals surface area contributed by atoms with Crippen molar-refractivity contribution in [2.45, 2.75) is 33.1 Å². The summed E-state index contributed by atoms with van der Waals surface area (Å²) >= 11 is 1.84. The third-order valence-electron chi connectivity index (χ3n) is 1.75. The molecule has 0 saturated carbocycles. The van der Waals surface area contributed by atoms with Gasteiger partial charge in [0, 0.05) is 17.7 Å². The summed E-state index contributed by atoms with van der Waals surface area (Å²) < 4.78 is 0. The summed E-state index contributed by atoms with van der Waals surface area (Å²) in [6.07, 6.45) is 3.11. The Morgan fingerprint density at radius 3 is 2.83 bits per heavy atom. The molecule has 0 aliphatic rings. The maximum Gasteiger partial charge on any atom is 0.0137 e. The van der Waals surface area contributed by atoms with E-state index in [4.69, 9.17) is 0 Å². The van der Waals surface area contributed by atoms with Crippen LogP contribution in [-0.2, 0) is 6.42 Å². The van der Waals surface area contributed by atoms with Gasteiger partial charge in [0.2, 0.25) is 0 Å². The van der Waals surface area contributed by atoms with Crippen LogP contribution >= 0.6 is 11.3 Å². The maximum absolute atomic E-state index is 3.16. The molecule has 0 N–H and O–H groups in total. The van der Waals surface area contributed by atoms with E-state index in [1.54, 1.807) is 0 Å². The van der Waals surface area contributed by atoms with Gasteiger partial charge in [-0.25, -0.2) is 0 Å². The molecule has 0 atom stereocenters. The monoisotopic (exact) mass is 178 g/mol. The maximum atomic E-state index is 3.16. The molecule has 0 aliphatic carbocycles. The van der Waals surface area contributed by atoms with Gasteiger partial charge in [-0.2, -0.15) is 0 Å². The van der Waals surface area contributed by atoms with Crippen molar-refractivity contribution in [1.29, 1.82) is 0 Å². The number of rotatable bonds is 2. The molecule has 1 rings (SSSR count). The molecule has 0 saturated heterocycles. The van der Waals surface area contributed by atoms with Crippen LogP contribution in [0.3, 0.4) is 0 Å². The second-order valence-corrected chi connectivity index (χ2v) is 3.73. The first-order valence-electron chi connectivity index (χ1n) is 4.33. The fraction of sp³-hybridized carbons (Fsp3) is 0.455. The van der Waals surface area contributed by atoms with Crippen LogP contribution in [0.1, 0.15) is 30.2 Å². The van der Waals surface area contributed by atoms with Gasteiger partial charge in [-0.1, -0.05) is 6.92 Å². The Labute approximate surface area is 78.6 Å². The Kier molecular flexibility index (Phi) is 3.90. The molecule has 0 fully saturated rings. The van der Waals surface area contributed by atoms with Gasteiger partial charge in [0.05, 0.1) is 0 Å². The molecule has 0 bridgehead atoms. The lowest BCUT2D eigenvalue weighted by molar-refractivity contribution is 1.04. The smallest absolute Gasteiger partial charge is 0.0137 e. The van der Waals surface area contributed by atoms with Crippen LogP contribution < -0.4 is 0 Å². The highest BCUT2D eigenvalue weighted by Crippen LogP contribution is 2.16. The van der Waals surface area contributed by atoms with E-state index >= 15 is 0 Å². The quantitative estimate of drug-likeness (QED) is 0.609. The van der Waals surface area contributed by atoms with Crippen molar-refractivity contribution < 1.29 is 0 Å². The standard InChI is InChI=1S/C11H14S/c1-3-4-5-6-7-11-10(2)8-9-12-11/h8-9H,3,6-7H2,1-2H3. The van der Waals surface area contributed by atoms with Crippen LogP contribution in [0.25, 0.3) is 0 Å². The van der Waals surface area contributed by atoms with Crippen LogP contribution in [0.2, 0.25) is 0 Å². The Morgan fingerprint density at radius 1 is 1.42 bits per heavy atom. The molecular weight excluding hydrogens is 164 g/mol. The van der Waals surface area contributed by atoms with Gasteiger partial charge in [0.15, 0.2) is 0 Å². The Bertz CT molecular complexity index is 285. The van der Waals surface area contributed by atoms with Crippen LogP contribution in [0.4, 0.5) is 0 Å². The van der Waals surface area contributed by atoms with Crippen molar-refractivity contribution >= 4 is 11.3 Å². The molecule has 0 spiro atoms. The minimum atomic E-state index is 0.976. The van der Waals surface area contributed by atoms with Crippen molar-refractivity contribution in [2.24, 2.45) is 0 Å². The number of thiophene rings is 1. The van der Waals surface area contributed by atoms with Gasteiger partial charge in [0.1, 0.15) is 0 Å². The van der Waals surface area contributed by atoms with Crippen molar-refractivity contribution in [3.63, 3.8) is 0 Å². The molecular formula is C11H14S. The van der Waals surface area contributed by atoms with Gasteiger partial charge in [0.25, 0.3) is 0 Å². The zero-order valence-corrected chi connectivity index (χ0v) is 8.50. The predicted octanol–water partition coefficient (Wildman–Crippen LogP) is 3.40. The number of hydrogen-bond acceptors (Lipinski definition) is 1. The lowest BCUT2D eigenvalue weighted by Crippen LogP contribution is -1.80. The summed E-state index contributed by atoms with van der Waals surface area (Å²) in [6, 6.07) is 2.17. The van der Waals surface area contributed by atoms with Crippen molar-refractivity contribution in [3.05, 3.63) is 21.9 Å². The van der Waals surface area contributed by atoms with Gasteiger partial charge < -0.3 is 0 Å². The van der Waals surface area contributed by atoms with Crippen LogP contribution in [0.5, 0.6) is 0 Å². The van der Waals surface area contributed by atoms with E-state index in [1.807, 2.05) is 11.3 Å². The lowest BCUT2D eigenvalue weighted by Gasteiger charge is -1.92. The predicted molar refractivity (Wildman–Crippen MR) is 55.4 cm³/mol. The highest BCUT2D eigenvalue weighted by atomic mass is 32.1. The molecule has 0 nitrogen and oxygen atoms in total. The first-order chi connectivity index (χ1) is 5.84. The molecule has 1 aromatic rings. The zero-order chi connectivity index (χ0) is 8.81. The van der Waals surface area contributed by atoms with Gasteiger partial charge in [-0.3, -0.25) is 0 Å². The SMILES string of the molecule is CCC#CCCc1sccc1C. The van der Waals surface area contributed by atoms with Crippen LogP contribution in [0.15, 0.2) is 11.4 Å². The summed E-state index contributed by atoms with van der Waals surface area (Å²) in [6.45, 7) is 4.25. The first kappa shape index (κ1) is 9.35. The molecule has 0 aliphatic heterocycles. The largest absolute Gasteiger partial charge is 0.149 e. The Hall–Kier alpha value is -0.740. The van der Waals surface area contributed by atoms with Gasteiger partial charge in [-0.05, 0) is 30.4 Å². The lowest BCUT2D eigenvalue weighted by atomic mass is 10.2. The Morgan fingerprint density at radius 2 is 2.25 bits per heavy atom. The second-order valence-electron chi connectivity index (χ2n) is 2.73. The van der Waals surface area contributed by atoms with Crippen molar-refractivity contribution in [2.75, 3.05) is 0 Å². The van der Waals surface area contributed by atoms with E-state index in [2.05, 4.69) is 37.1 Å². The molecule has 0 amide bonds. The van der Waals surface area contributed by atoms with Gasteiger partial charge >= 0.3 is 0 Å². The van der Waals surface area contributed by atoms with Crippen molar-refractivity contribution in [1.82, 2.24) is 0 Å². The molecule has 12 heavy (non-hydrogen) atoms. The van der Waals surface area contributed by atoms with Crippen LogP contribution in [-0.4, -0.2) is 0 Å². The number of aryl methyl sites for hydroxylation is 2. The van der Waals surface area contributed by atoms with Gasteiger partial charge in [-0.15, -0.1) is 23.2 Å². The third-order valence-corrected chi connectivity index (χ3v) is 2.83. The highest BCUT2D eigenvalue weighted by molar-refractivity contribution is 7.10. The molecule has 0 unspecified atom stereocenters. The van der Waals surface area contributed by atoms with E-state index in [9.17, 15) is 0 Å². The average molecular weight is 178 g/mol. The summed E-state index contributed by atoms with van der Waals surface area (Å²) in [5, 5.41) is 2.15. The van der Waals surface area contributed by atoms with Crippen LogP contribution in [0, 0.1) is 18.8 Å². The van der Waals surface area contributed by atoms with E-state index in [-0.39, 0.29) is 0 Å². The fourth-order valence-electron chi connectivity index (χ4n) is 1.05. The molecule has 1 heteroatoms. The second kappa shape index (κ2) is 5.00. The molecule has 1 aromatic heterocycles.